The highest BCUT2D eigenvalue weighted by Gasteiger charge is 2.15. The lowest BCUT2D eigenvalue weighted by Crippen LogP contribution is -2.11. The summed E-state index contributed by atoms with van der Waals surface area (Å²) < 4.78 is 31.0. The number of nitrogens with two attached hydrogens (primary N) is 1. The second kappa shape index (κ2) is 10.2. The Kier molecular flexibility index (Phi) is 7.44. The number of hydrogen-bond donors (Lipinski definition) is 1. The van der Waals surface area contributed by atoms with Gasteiger partial charge in [0.15, 0.2) is 0 Å². The molecule has 12 heteroatoms. The number of aromatic nitrogens is 4. The molecule has 10 nitrogen and oxygen atoms in total. The molecule has 0 fully saturated rings. The van der Waals surface area contributed by atoms with E-state index in [4.69, 9.17) is 19.5 Å². The van der Waals surface area contributed by atoms with Crippen LogP contribution < -0.4 is 9.88 Å². The molecule has 0 aliphatic heterocycles. The highest BCUT2D eigenvalue weighted by molar-refractivity contribution is 7.91. The average Bonchev–Trinajstić information content (AvgIpc) is 3.39. The minimum atomic E-state index is -3.81. The highest BCUT2D eigenvalue weighted by atomic mass is 32.2. The number of rotatable bonds is 7. The zero-order valence-corrected chi connectivity index (χ0v) is 18.6. The molecule has 0 atom stereocenters. The number of primary sulfonamides is 1. The molecule has 0 spiro atoms. The predicted molar refractivity (Wildman–Crippen MR) is 115 cm³/mol. The Bertz CT molecular complexity index is 1340. The van der Waals surface area contributed by atoms with Gasteiger partial charge in [0.05, 0.1) is 23.0 Å². The zero-order valence-electron chi connectivity index (χ0n) is 17.0. The van der Waals surface area contributed by atoms with E-state index in [1.165, 1.54) is 5.56 Å². The van der Waals surface area contributed by atoms with Gasteiger partial charge in [-0.25, -0.2) is 23.2 Å². The molecule has 4 aromatic rings. The lowest BCUT2D eigenvalue weighted by molar-refractivity contribution is -0.191. The minimum Gasteiger partial charge on any atom is -0.487 e. The average molecular weight is 474 g/mol. The van der Waals surface area contributed by atoms with Crippen LogP contribution in [-0.2, 0) is 39.2 Å². The summed E-state index contributed by atoms with van der Waals surface area (Å²) in [5.74, 6) is 0.590. The van der Waals surface area contributed by atoms with Crippen molar-refractivity contribution in [1.29, 1.82) is 0 Å². The molecule has 0 saturated heterocycles. The van der Waals surface area contributed by atoms with E-state index in [9.17, 15) is 8.42 Å². The van der Waals surface area contributed by atoms with Crippen LogP contribution in [0.5, 0.6) is 5.75 Å². The first-order valence-electron chi connectivity index (χ1n) is 9.34. The zero-order chi connectivity index (χ0) is 23.1. The van der Waals surface area contributed by atoms with Gasteiger partial charge < -0.3 is 4.74 Å². The van der Waals surface area contributed by atoms with E-state index in [1.807, 2.05) is 6.20 Å². The third-order valence-electron chi connectivity index (χ3n) is 4.33. The van der Waals surface area contributed by atoms with Crippen molar-refractivity contribution in [1.82, 2.24) is 20.0 Å². The summed E-state index contributed by atoms with van der Waals surface area (Å²) in [6.07, 6.45) is 3.11. The SMILES string of the molecule is CCc1ccc(Cn2cc(COc3ccc4nc(S(N)(=O)=O)sc4c3)nn2)cc1.O=C=O. The number of nitrogens with zero attached hydrogens (tertiary/aromatic N) is 4. The summed E-state index contributed by atoms with van der Waals surface area (Å²) in [4.78, 5) is 20.3. The third kappa shape index (κ3) is 6.05. The van der Waals surface area contributed by atoms with Crippen LogP contribution in [0.15, 0.2) is 53.0 Å². The Morgan fingerprint density at radius 1 is 1.12 bits per heavy atom. The molecule has 4 rings (SSSR count). The van der Waals surface area contributed by atoms with Crippen molar-refractivity contribution >= 4 is 37.7 Å². The van der Waals surface area contributed by atoms with Crippen molar-refractivity contribution in [3.05, 3.63) is 65.5 Å². The number of carbonyl (C=O) groups excluding carboxylic acids is 2. The van der Waals surface area contributed by atoms with Crippen molar-refractivity contribution in [3.63, 3.8) is 0 Å². The summed E-state index contributed by atoms with van der Waals surface area (Å²) in [7, 11) is -3.81. The van der Waals surface area contributed by atoms with E-state index in [0.29, 0.717) is 28.2 Å². The first-order valence-corrected chi connectivity index (χ1v) is 11.7. The number of sulfonamides is 1. The van der Waals surface area contributed by atoms with E-state index in [1.54, 1.807) is 22.9 Å². The molecule has 2 aromatic carbocycles. The van der Waals surface area contributed by atoms with E-state index in [-0.39, 0.29) is 17.1 Å². The van der Waals surface area contributed by atoms with Crippen LogP contribution in [0.25, 0.3) is 10.2 Å². The van der Waals surface area contributed by atoms with Gasteiger partial charge in [0.1, 0.15) is 18.1 Å². The number of fused-ring (bicyclic) bond motifs is 1. The Morgan fingerprint density at radius 2 is 1.81 bits per heavy atom. The fourth-order valence-corrected chi connectivity index (χ4v) is 4.49. The molecule has 0 saturated carbocycles. The largest absolute Gasteiger partial charge is 0.487 e. The van der Waals surface area contributed by atoms with E-state index in [0.717, 1.165) is 23.3 Å². The van der Waals surface area contributed by atoms with Crippen LogP contribution in [0.1, 0.15) is 23.7 Å². The molecule has 0 radical (unpaired) electrons. The molecule has 166 valence electrons. The monoisotopic (exact) mass is 473 g/mol. The molecule has 2 heterocycles. The number of ether oxygens (including phenoxy) is 1. The van der Waals surface area contributed by atoms with E-state index >= 15 is 0 Å². The summed E-state index contributed by atoms with van der Waals surface area (Å²) in [5, 5.41) is 13.4. The number of thiazole rings is 1. The number of hydrogen-bond acceptors (Lipinski definition) is 9. The second-order valence-electron chi connectivity index (χ2n) is 6.60. The normalized spacial score (nSPS) is 10.9. The van der Waals surface area contributed by atoms with Crippen molar-refractivity contribution in [2.45, 2.75) is 30.8 Å². The lowest BCUT2D eigenvalue weighted by Gasteiger charge is -2.03. The number of benzene rings is 2. The Labute approximate surface area is 187 Å². The van der Waals surface area contributed by atoms with Gasteiger partial charge in [0.2, 0.25) is 4.34 Å². The van der Waals surface area contributed by atoms with Crippen LogP contribution in [0.2, 0.25) is 0 Å². The fraction of sp³-hybridized carbons (Fsp3) is 0.200. The summed E-state index contributed by atoms with van der Waals surface area (Å²) in [6.45, 7) is 3.02. The van der Waals surface area contributed by atoms with Crippen LogP contribution in [0, 0.1) is 0 Å². The van der Waals surface area contributed by atoms with E-state index in [2.05, 4.69) is 46.5 Å². The van der Waals surface area contributed by atoms with Crippen LogP contribution in [-0.4, -0.2) is 34.5 Å². The topological polar surface area (TPSA) is 147 Å². The minimum absolute atomic E-state index is 0.112. The first kappa shape index (κ1) is 23.2. The van der Waals surface area contributed by atoms with Gasteiger partial charge in [0.25, 0.3) is 10.0 Å². The van der Waals surface area contributed by atoms with Gasteiger partial charge in [0, 0.05) is 0 Å². The highest BCUT2D eigenvalue weighted by Crippen LogP contribution is 2.28. The molecule has 32 heavy (non-hydrogen) atoms. The molecule has 0 amide bonds. The molecule has 0 unspecified atom stereocenters. The van der Waals surface area contributed by atoms with E-state index < -0.39 is 10.0 Å². The molecular weight excluding hydrogens is 454 g/mol. The van der Waals surface area contributed by atoms with Gasteiger partial charge >= 0.3 is 6.15 Å². The lowest BCUT2D eigenvalue weighted by atomic mass is 10.1. The van der Waals surface area contributed by atoms with Crippen LogP contribution in [0.4, 0.5) is 0 Å². The van der Waals surface area contributed by atoms with Gasteiger partial charge in [-0.05, 0) is 35.7 Å². The molecule has 0 aliphatic rings. The molecular formula is C20H19N5O5S2. The molecule has 2 N–H and O–H groups in total. The summed E-state index contributed by atoms with van der Waals surface area (Å²) in [5.41, 5.74) is 3.72. The van der Waals surface area contributed by atoms with Gasteiger partial charge in [-0.1, -0.05) is 36.4 Å². The maximum absolute atomic E-state index is 11.4. The maximum Gasteiger partial charge on any atom is 0.373 e. The maximum atomic E-state index is 11.4. The molecule has 0 bridgehead atoms. The second-order valence-corrected chi connectivity index (χ2v) is 9.37. The third-order valence-corrected chi connectivity index (χ3v) is 6.67. The summed E-state index contributed by atoms with van der Waals surface area (Å²) in [6, 6.07) is 13.6. The van der Waals surface area contributed by atoms with Gasteiger partial charge in [-0.3, -0.25) is 0 Å². The number of aryl methyl sites for hydroxylation is 1. The van der Waals surface area contributed by atoms with Crippen LogP contribution in [0.3, 0.4) is 0 Å². The fourth-order valence-electron chi connectivity index (χ4n) is 2.80. The molecule has 0 aliphatic carbocycles. The predicted octanol–water partition coefficient (Wildman–Crippen LogP) is 2.14. The van der Waals surface area contributed by atoms with Gasteiger partial charge in [-0.15, -0.1) is 16.4 Å². The first-order chi connectivity index (χ1) is 15.3. The molecule has 2 aromatic heterocycles. The van der Waals surface area contributed by atoms with Crippen molar-refractivity contribution in [2.75, 3.05) is 0 Å². The smallest absolute Gasteiger partial charge is 0.373 e. The van der Waals surface area contributed by atoms with Crippen LogP contribution >= 0.6 is 11.3 Å². The Hall–Kier alpha value is -3.44. The quantitative estimate of drug-likeness (QED) is 0.429. The summed E-state index contributed by atoms with van der Waals surface area (Å²) >= 11 is 1.01. The standard InChI is InChI=1S/C19H19N5O3S2.CO2/c1-2-13-3-5-14(6-4-13)10-24-11-15(22-23-24)12-27-16-7-8-17-18(9-16)28-19(21-17)29(20,25)26;2-1-3/h3-9,11H,2,10,12H2,1H3,(H2,20,25,26);. The van der Waals surface area contributed by atoms with Crippen molar-refractivity contribution < 1.29 is 22.7 Å². The van der Waals surface area contributed by atoms with Crippen molar-refractivity contribution in [3.8, 4) is 5.75 Å². The Morgan fingerprint density at radius 3 is 2.47 bits per heavy atom. The van der Waals surface area contributed by atoms with Gasteiger partial charge in [-0.2, -0.15) is 9.59 Å². The Balaban J connectivity index is 0.000000913. The van der Waals surface area contributed by atoms with Crippen molar-refractivity contribution in [2.24, 2.45) is 5.14 Å².